The van der Waals surface area contributed by atoms with Crippen molar-refractivity contribution in [3.05, 3.63) is 36.0 Å². The predicted octanol–water partition coefficient (Wildman–Crippen LogP) is 0.544. The van der Waals surface area contributed by atoms with Gasteiger partial charge >= 0.3 is 5.97 Å². The summed E-state index contributed by atoms with van der Waals surface area (Å²) in [6.45, 7) is 6.88. The average molecular weight is 545 g/mol. The van der Waals surface area contributed by atoms with Crippen molar-refractivity contribution in [3.8, 4) is 0 Å². The van der Waals surface area contributed by atoms with Gasteiger partial charge in [-0.3, -0.25) is 19.2 Å². The molecule has 0 aliphatic carbocycles. The number of aromatic nitrogens is 1. The van der Waals surface area contributed by atoms with E-state index in [2.05, 4.69) is 20.9 Å². The van der Waals surface area contributed by atoms with Crippen LogP contribution in [0.4, 0.5) is 0 Å². The van der Waals surface area contributed by atoms with Crippen molar-refractivity contribution in [2.45, 2.75) is 77.5 Å². The molecule has 0 fully saturated rings. The number of H-pyrrole nitrogens is 1. The first-order chi connectivity index (χ1) is 18.3. The van der Waals surface area contributed by atoms with Crippen molar-refractivity contribution >= 4 is 40.5 Å². The van der Waals surface area contributed by atoms with E-state index in [4.69, 9.17) is 11.5 Å². The highest BCUT2D eigenvalue weighted by atomic mass is 16.4. The van der Waals surface area contributed by atoms with Crippen LogP contribution in [0.25, 0.3) is 10.9 Å². The minimum atomic E-state index is -1.24. The molecule has 5 unspecified atom stereocenters. The molecule has 0 radical (unpaired) electrons. The van der Waals surface area contributed by atoms with Crippen molar-refractivity contribution in [3.63, 3.8) is 0 Å². The first-order valence-electron chi connectivity index (χ1n) is 13.1. The fraction of sp³-hybridized carbons (Fsp3) is 0.519. The van der Waals surface area contributed by atoms with Gasteiger partial charge in [0, 0.05) is 23.5 Å². The van der Waals surface area contributed by atoms with Crippen molar-refractivity contribution in [1.29, 1.82) is 0 Å². The smallest absolute Gasteiger partial charge is 0.326 e. The summed E-state index contributed by atoms with van der Waals surface area (Å²) in [5.74, 6) is -4.62. The Kier molecular flexibility index (Phi) is 11.5. The van der Waals surface area contributed by atoms with Crippen molar-refractivity contribution in [2.24, 2.45) is 23.3 Å². The molecule has 214 valence electrons. The van der Waals surface area contributed by atoms with Gasteiger partial charge in [-0.05, 0) is 36.3 Å². The van der Waals surface area contributed by atoms with Gasteiger partial charge in [0.05, 0.1) is 6.04 Å². The number of para-hydroxylation sites is 1. The summed E-state index contributed by atoms with van der Waals surface area (Å²) in [7, 11) is 0. The summed E-state index contributed by atoms with van der Waals surface area (Å²) in [6.07, 6.45) is 2.20. The maximum absolute atomic E-state index is 13.3. The van der Waals surface area contributed by atoms with E-state index < -0.39 is 59.7 Å². The molecule has 1 heterocycles. The SMILES string of the molecule is CCC(C)C(NC(=O)C(N)Cc1c[nH]c2ccccc12)C(=O)NC(CCC(N)=O)C(=O)NC(C(=O)O)C(C)C. The van der Waals surface area contributed by atoms with Crippen LogP contribution >= 0.6 is 0 Å². The number of carbonyl (C=O) groups is 5. The molecule has 0 saturated carbocycles. The highest BCUT2D eigenvalue weighted by molar-refractivity contribution is 5.95. The fourth-order valence-corrected chi connectivity index (χ4v) is 4.18. The minimum absolute atomic E-state index is 0.140. The van der Waals surface area contributed by atoms with E-state index in [-0.39, 0.29) is 25.2 Å². The Labute approximate surface area is 227 Å². The maximum Gasteiger partial charge on any atom is 0.326 e. The van der Waals surface area contributed by atoms with Crippen LogP contribution in [0.15, 0.2) is 30.5 Å². The predicted molar refractivity (Wildman–Crippen MR) is 146 cm³/mol. The number of aromatic amines is 1. The second-order valence-corrected chi connectivity index (χ2v) is 10.2. The van der Waals surface area contributed by atoms with Crippen LogP contribution in [0, 0.1) is 11.8 Å². The largest absolute Gasteiger partial charge is 0.480 e. The number of carboxylic acid groups (broad SMARTS) is 1. The van der Waals surface area contributed by atoms with E-state index in [9.17, 15) is 29.1 Å². The number of aliphatic carboxylic acids is 1. The topological polar surface area (TPSA) is 209 Å². The van der Waals surface area contributed by atoms with Crippen LogP contribution in [0.2, 0.25) is 0 Å². The van der Waals surface area contributed by atoms with E-state index >= 15 is 0 Å². The molecule has 9 N–H and O–H groups in total. The highest BCUT2D eigenvalue weighted by Gasteiger charge is 2.33. The van der Waals surface area contributed by atoms with E-state index in [0.717, 1.165) is 16.5 Å². The van der Waals surface area contributed by atoms with Gasteiger partial charge in [0.1, 0.15) is 18.1 Å². The third-order valence-corrected chi connectivity index (χ3v) is 6.79. The number of benzene rings is 1. The molecule has 5 atom stereocenters. The highest BCUT2D eigenvalue weighted by Crippen LogP contribution is 2.19. The Morgan fingerprint density at radius 1 is 0.949 bits per heavy atom. The van der Waals surface area contributed by atoms with E-state index in [1.165, 1.54) is 0 Å². The maximum atomic E-state index is 13.3. The number of primary amides is 1. The van der Waals surface area contributed by atoms with Gasteiger partial charge in [-0.1, -0.05) is 52.3 Å². The molecule has 2 aromatic rings. The standard InChI is InChI=1S/C27H40N6O6/c1-5-15(4)23(33-24(35)18(28)12-16-13-30-19-9-7-6-8-17(16)19)26(37)31-20(10-11-21(29)34)25(36)32-22(14(2)3)27(38)39/h6-9,13-15,18,20,22-23,30H,5,10-12,28H2,1-4H3,(H2,29,34)(H,31,37)(H,32,36)(H,33,35)(H,38,39). The van der Waals surface area contributed by atoms with E-state index in [1.54, 1.807) is 27.0 Å². The van der Waals surface area contributed by atoms with E-state index in [0.29, 0.717) is 6.42 Å². The molecule has 39 heavy (non-hydrogen) atoms. The van der Waals surface area contributed by atoms with Gasteiger partial charge in [0.15, 0.2) is 0 Å². The number of hydrogen-bond acceptors (Lipinski definition) is 6. The normalized spacial score (nSPS) is 15.1. The molecule has 12 heteroatoms. The van der Waals surface area contributed by atoms with Gasteiger partial charge < -0.3 is 37.5 Å². The third-order valence-electron chi connectivity index (χ3n) is 6.79. The number of fused-ring (bicyclic) bond motifs is 1. The quantitative estimate of drug-likeness (QED) is 0.169. The number of carboxylic acids is 1. The number of rotatable bonds is 15. The molecular weight excluding hydrogens is 504 g/mol. The number of carbonyl (C=O) groups excluding carboxylic acids is 4. The number of nitrogens with two attached hydrogens (primary N) is 2. The van der Waals surface area contributed by atoms with Crippen molar-refractivity contribution < 1.29 is 29.1 Å². The Balaban J connectivity index is 2.17. The fourth-order valence-electron chi connectivity index (χ4n) is 4.18. The average Bonchev–Trinajstić information content (AvgIpc) is 3.29. The zero-order valence-corrected chi connectivity index (χ0v) is 22.8. The van der Waals surface area contributed by atoms with Crippen LogP contribution in [-0.2, 0) is 30.4 Å². The summed E-state index contributed by atoms with van der Waals surface area (Å²) in [4.78, 5) is 65.4. The molecule has 0 aliphatic heterocycles. The van der Waals surface area contributed by atoms with Crippen LogP contribution in [0.1, 0.15) is 52.5 Å². The Hall–Kier alpha value is -3.93. The Morgan fingerprint density at radius 3 is 2.18 bits per heavy atom. The molecule has 2 rings (SSSR count). The lowest BCUT2D eigenvalue weighted by Gasteiger charge is -2.28. The molecular formula is C27H40N6O6. The lowest BCUT2D eigenvalue weighted by molar-refractivity contribution is -0.143. The first kappa shape index (κ1) is 31.3. The second kappa shape index (κ2) is 14.3. The molecule has 12 nitrogen and oxygen atoms in total. The number of amides is 4. The van der Waals surface area contributed by atoms with Crippen molar-refractivity contribution in [2.75, 3.05) is 0 Å². The monoisotopic (exact) mass is 544 g/mol. The minimum Gasteiger partial charge on any atom is -0.480 e. The zero-order valence-electron chi connectivity index (χ0n) is 22.8. The molecule has 0 aliphatic rings. The summed E-state index contributed by atoms with van der Waals surface area (Å²) in [6, 6.07) is 3.21. The van der Waals surface area contributed by atoms with Crippen LogP contribution < -0.4 is 27.4 Å². The molecule has 0 bridgehead atoms. The van der Waals surface area contributed by atoms with Gasteiger partial charge in [-0.25, -0.2) is 4.79 Å². The lowest BCUT2D eigenvalue weighted by atomic mass is 9.96. The third kappa shape index (κ3) is 8.81. The van der Waals surface area contributed by atoms with E-state index in [1.807, 2.05) is 31.2 Å². The van der Waals surface area contributed by atoms with Gasteiger partial charge in [0.2, 0.25) is 23.6 Å². The molecule has 4 amide bonds. The molecule has 1 aromatic carbocycles. The summed E-state index contributed by atoms with van der Waals surface area (Å²) < 4.78 is 0. The van der Waals surface area contributed by atoms with Gasteiger partial charge in [-0.2, -0.15) is 0 Å². The van der Waals surface area contributed by atoms with Crippen LogP contribution in [0.3, 0.4) is 0 Å². The molecule has 1 aromatic heterocycles. The Bertz CT molecular complexity index is 1180. The first-order valence-corrected chi connectivity index (χ1v) is 13.1. The zero-order chi connectivity index (χ0) is 29.3. The second-order valence-electron chi connectivity index (χ2n) is 10.2. The number of hydrogen-bond donors (Lipinski definition) is 7. The summed E-state index contributed by atoms with van der Waals surface area (Å²) in [5, 5.41) is 18.1. The summed E-state index contributed by atoms with van der Waals surface area (Å²) >= 11 is 0. The van der Waals surface area contributed by atoms with Gasteiger partial charge in [-0.15, -0.1) is 0 Å². The molecule has 0 saturated heterocycles. The van der Waals surface area contributed by atoms with Crippen LogP contribution in [-0.4, -0.2) is 63.9 Å². The lowest BCUT2D eigenvalue weighted by Crippen LogP contribution is -2.59. The Morgan fingerprint density at radius 2 is 1.59 bits per heavy atom. The van der Waals surface area contributed by atoms with Crippen molar-refractivity contribution in [1.82, 2.24) is 20.9 Å². The molecule has 0 spiro atoms. The summed E-state index contributed by atoms with van der Waals surface area (Å²) in [5.41, 5.74) is 13.2. The van der Waals surface area contributed by atoms with Gasteiger partial charge in [0.25, 0.3) is 0 Å². The van der Waals surface area contributed by atoms with Crippen LogP contribution in [0.5, 0.6) is 0 Å². The number of nitrogens with one attached hydrogen (secondary N) is 4.